The number of sulfonamides is 1. The molecule has 1 fully saturated rings. The Morgan fingerprint density at radius 1 is 1.32 bits per heavy atom. The topological polar surface area (TPSA) is 75.5 Å². The molecule has 0 radical (unpaired) electrons. The van der Waals surface area contributed by atoms with Gasteiger partial charge in [0.1, 0.15) is 11.6 Å². The minimum Gasteiger partial charge on any atom is -0.350 e. The zero-order valence-electron chi connectivity index (χ0n) is 14.8. The predicted octanol–water partition coefficient (Wildman–Crippen LogP) is 2.40. The van der Waals surface area contributed by atoms with E-state index in [9.17, 15) is 26.4 Å². The second-order valence-corrected chi connectivity index (χ2v) is 8.20. The van der Waals surface area contributed by atoms with Crippen molar-refractivity contribution in [1.29, 1.82) is 0 Å². The number of alkyl halides is 2. The maximum Gasteiger partial charge on any atom is 0.287 e. The molecule has 28 heavy (non-hydrogen) atoms. The van der Waals surface area contributed by atoms with Gasteiger partial charge in [0.2, 0.25) is 0 Å². The summed E-state index contributed by atoms with van der Waals surface area (Å²) in [5, 5.41) is 4.70. The minimum absolute atomic E-state index is 0.0221. The maximum atomic E-state index is 13.7. The zero-order chi connectivity index (χ0) is 20.7. The number of benzene rings is 1. The smallest absolute Gasteiger partial charge is 0.287 e. The molecule has 11 heteroatoms. The van der Waals surface area contributed by atoms with Crippen LogP contribution in [-0.4, -0.2) is 54.5 Å². The summed E-state index contributed by atoms with van der Waals surface area (Å²) >= 11 is 0. The van der Waals surface area contributed by atoms with Crippen molar-refractivity contribution in [1.82, 2.24) is 14.1 Å². The Bertz CT molecular complexity index is 1020. The molecule has 2 aromatic rings. The van der Waals surface area contributed by atoms with Gasteiger partial charge in [-0.1, -0.05) is 6.58 Å². The quantitative estimate of drug-likeness (QED) is 0.751. The molecular weight excluding hydrogens is 397 g/mol. The number of hydrogen-bond donors (Lipinski definition) is 0. The van der Waals surface area contributed by atoms with E-state index in [1.54, 1.807) is 0 Å². The molecule has 2 heterocycles. The summed E-state index contributed by atoms with van der Waals surface area (Å²) < 4.78 is 66.0. The number of carbonyl (C=O) groups is 1. The first-order valence-corrected chi connectivity index (χ1v) is 9.69. The first-order valence-electron chi connectivity index (χ1n) is 8.18. The van der Waals surface area contributed by atoms with Crippen LogP contribution in [0.2, 0.25) is 0 Å². The fraction of sp³-hybridized carbons (Fsp3) is 0.294. The van der Waals surface area contributed by atoms with Crippen LogP contribution in [0, 0.1) is 5.82 Å². The lowest BCUT2D eigenvalue weighted by Gasteiger charge is -2.19. The summed E-state index contributed by atoms with van der Waals surface area (Å²) in [5.41, 5.74) is 0.0716. The molecule has 3 rings (SSSR count). The molecule has 150 valence electrons. The highest BCUT2D eigenvalue weighted by molar-refractivity contribution is 7.92. The highest BCUT2D eigenvalue weighted by Crippen LogP contribution is 2.32. The third-order valence-corrected chi connectivity index (χ3v) is 5.70. The molecule has 1 amide bonds. The standard InChI is InChI=1S/C17H17F3N4O3S/c1-3-28(26,27)22(2)16(25)14-10-15(23-9-8-17(19,20)11-23)24(21-14)13-6-4-12(18)5-7-13/h3-7,10H,1,8-9,11H2,2H3. The lowest BCUT2D eigenvalue weighted by molar-refractivity contribution is 0.0256. The largest absolute Gasteiger partial charge is 0.350 e. The molecule has 0 N–H and O–H groups in total. The normalized spacial score (nSPS) is 16.2. The van der Waals surface area contributed by atoms with Crippen LogP contribution in [0.25, 0.3) is 5.69 Å². The number of hydrogen-bond acceptors (Lipinski definition) is 5. The van der Waals surface area contributed by atoms with Gasteiger partial charge in [-0.25, -0.2) is 30.6 Å². The van der Waals surface area contributed by atoms with Gasteiger partial charge in [-0.2, -0.15) is 5.10 Å². The number of carbonyl (C=O) groups excluding carboxylic acids is 1. The first kappa shape index (κ1) is 19.9. The van der Waals surface area contributed by atoms with Gasteiger partial charge >= 0.3 is 0 Å². The first-order chi connectivity index (χ1) is 13.0. The fourth-order valence-electron chi connectivity index (χ4n) is 2.79. The van der Waals surface area contributed by atoms with Crippen LogP contribution in [0.4, 0.5) is 19.0 Å². The van der Waals surface area contributed by atoms with Gasteiger partial charge in [-0.05, 0) is 24.3 Å². The van der Waals surface area contributed by atoms with Crippen molar-refractivity contribution in [2.24, 2.45) is 0 Å². The molecule has 0 bridgehead atoms. The van der Waals surface area contributed by atoms with E-state index in [-0.39, 0.29) is 24.5 Å². The van der Waals surface area contributed by atoms with Gasteiger partial charge in [0.15, 0.2) is 5.69 Å². The molecule has 0 aliphatic carbocycles. The molecule has 1 saturated heterocycles. The summed E-state index contributed by atoms with van der Waals surface area (Å²) in [4.78, 5) is 13.9. The average molecular weight is 414 g/mol. The molecular formula is C17H17F3N4O3S. The Balaban J connectivity index is 2.06. The molecule has 1 aliphatic rings. The second-order valence-electron chi connectivity index (χ2n) is 6.29. The predicted molar refractivity (Wildman–Crippen MR) is 96.5 cm³/mol. The van der Waals surface area contributed by atoms with Gasteiger partial charge in [-0.3, -0.25) is 4.79 Å². The van der Waals surface area contributed by atoms with E-state index in [2.05, 4.69) is 11.7 Å². The lowest BCUT2D eigenvalue weighted by atomic mass is 10.3. The van der Waals surface area contributed by atoms with Gasteiger partial charge in [0.05, 0.1) is 12.2 Å². The van der Waals surface area contributed by atoms with Gasteiger partial charge in [-0.15, -0.1) is 0 Å². The Morgan fingerprint density at radius 2 is 1.96 bits per heavy atom. The van der Waals surface area contributed by atoms with Crippen molar-refractivity contribution in [2.45, 2.75) is 12.3 Å². The van der Waals surface area contributed by atoms with E-state index in [1.807, 2.05) is 0 Å². The van der Waals surface area contributed by atoms with Crippen LogP contribution >= 0.6 is 0 Å². The number of halogens is 3. The second kappa shape index (κ2) is 6.97. The Kier molecular flexibility index (Phi) is 4.96. The Morgan fingerprint density at radius 3 is 2.50 bits per heavy atom. The third kappa shape index (κ3) is 3.75. The third-order valence-electron chi connectivity index (χ3n) is 4.35. The highest BCUT2D eigenvalue weighted by atomic mass is 32.2. The minimum atomic E-state index is -4.04. The van der Waals surface area contributed by atoms with Crippen molar-refractivity contribution >= 4 is 21.7 Å². The Labute approximate surface area is 159 Å². The van der Waals surface area contributed by atoms with Crippen molar-refractivity contribution in [2.75, 3.05) is 25.0 Å². The van der Waals surface area contributed by atoms with E-state index < -0.39 is 34.2 Å². The Hall–Kier alpha value is -2.82. The molecule has 0 spiro atoms. The summed E-state index contributed by atoms with van der Waals surface area (Å²) in [5.74, 6) is -4.17. The van der Waals surface area contributed by atoms with Gasteiger partial charge < -0.3 is 4.90 Å². The van der Waals surface area contributed by atoms with Crippen molar-refractivity contribution in [3.8, 4) is 5.69 Å². The number of amides is 1. The van der Waals surface area contributed by atoms with E-state index >= 15 is 0 Å². The fourth-order valence-corrected chi connectivity index (χ4v) is 3.34. The average Bonchev–Trinajstić information content (AvgIpc) is 3.24. The van der Waals surface area contributed by atoms with Crippen LogP contribution in [0.5, 0.6) is 0 Å². The number of anilines is 1. The molecule has 0 unspecified atom stereocenters. The highest BCUT2D eigenvalue weighted by Gasteiger charge is 2.40. The molecule has 1 aliphatic heterocycles. The summed E-state index contributed by atoms with van der Waals surface area (Å²) in [6.45, 7) is 2.60. The summed E-state index contributed by atoms with van der Waals surface area (Å²) in [7, 11) is -3.00. The van der Waals surface area contributed by atoms with Crippen LogP contribution in [0.1, 0.15) is 16.9 Å². The summed E-state index contributed by atoms with van der Waals surface area (Å²) in [6, 6.07) is 6.31. The molecule has 0 saturated carbocycles. The number of nitrogens with zero attached hydrogens (tertiary/aromatic N) is 4. The van der Waals surface area contributed by atoms with Crippen molar-refractivity contribution < 1.29 is 26.4 Å². The SMILES string of the molecule is C=CS(=O)(=O)N(C)C(=O)c1cc(N2CCC(F)(F)C2)n(-c2ccc(F)cc2)n1. The van der Waals surface area contributed by atoms with Crippen LogP contribution in [0.3, 0.4) is 0 Å². The van der Waals surface area contributed by atoms with Gasteiger partial charge in [0, 0.05) is 31.5 Å². The van der Waals surface area contributed by atoms with Crippen molar-refractivity contribution in [3.05, 3.63) is 53.8 Å². The zero-order valence-corrected chi connectivity index (χ0v) is 15.7. The summed E-state index contributed by atoms with van der Waals surface area (Å²) in [6.07, 6.45) is -0.365. The van der Waals surface area contributed by atoms with E-state index in [1.165, 1.54) is 27.8 Å². The van der Waals surface area contributed by atoms with Crippen LogP contribution < -0.4 is 4.90 Å². The maximum absolute atomic E-state index is 13.7. The molecule has 0 atom stereocenters. The monoisotopic (exact) mass is 414 g/mol. The van der Waals surface area contributed by atoms with Crippen LogP contribution in [0.15, 0.2) is 42.3 Å². The van der Waals surface area contributed by atoms with E-state index in [0.29, 0.717) is 15.4 Å². The van der Waals surface area contributed by atoms with Gasteiger partial charge in [0.25, 0.3) is 21.9 Å². The van der Waals surface area contributed by atoms with E-state index in [0.717, 1.165) is 19.2 Å². The lowest BCUT2D eigenvalue weighted by Crippen LogP contribution is -2.31. The van der Waals surface area contributed by atoms with Crippen molar-refractivity contribution in [3.63, 3.8) is 0 Å². The van der Waals surface area contributed by atoms with Crippen LogP contribution in [-0.2, 0) is 10.0 Å². The van der Waals surface area contributed by atoms with E-state index in [4.69, 9.17) is 0 Å². The number of rotatable bonds is 5. The molecule has 7 nitrogen and oxygen atoms in total. The molecule has 1 aromatic carbocycles. The number of aromatic nitrogens is 2. The molecule has 1 aromatic heterocycles.